The van der Waals surface area contributed by atoms with E-state index in [0.29, 0.717) is 18.7 Å². The molecule has 2 aliphatic rings. The standard InChI is InChI=1S/C12H24N4O2/c1-9-6-15(12(17)14-2)3-4-16(9)11-5-10(13)7-18-8-11/h9-11H,3-8,13H2,1-2H3,(H,14,17). The molecule has 6 nitrogen and oxygen atoms in total. The van der Waals surface area contributed by atoms with Crippen LogP contribution in [0.5, 0.6) is 0 Å². The van der Waals surface area contributed by atoms with E-state index in [4.69, 9.17) is 10.5 Å². The molecule has 2 rings (SSSR count). The molecule has 2 saturated heterocycles. The molecule has 104 valence electrons. The van der Waals surface area contributed by atoms with E-state index < -0.39 is 0 Å². The van der Waals surface area contributed by atoms with Gasteiger partial charge in [-0.15, -0.1) is 0 Å². The monoisotopic (exact) mass is 256 g/mol. The maximum atomic E-state index is 11.6. The Morgan fingerprint density at radius 1 is 1.39 bits per heavy atom. The lowest BCUT2D eigenvalue weighted by molar-refractivity contribution is -0.0252. The van der Waals surface area contributed by atoms with Gasteiger partial charge in [0.1, 0.15) is 0 Å². The van der Waals surface area contributed by atoms with Crippen molar-refractivity contribution in [3.8, 4) is 0 Å². The fourth-order valence-electron chi connectivity index (χ4n) is 2.93. The van der Waals surface area contributed by atoms with Crippen LogP contribution in [0.25, 0.3) is 0 Å². The average molecular weight is 256 g/mol. The van der Waals surface area contributed by atoms with Gasteiger partial charge in [-0.2, -0.15) is 0 Å². The van der Waals surface area contributed by atoms with E-state index in [2.05, 4.69) is 17.1 Å². The Hall–Kier alpha value is -0.850. The first-order chi connectivity index (χ1) is 8.61. The SMILES string of the molecule is CNC(=O)N1CCN(C2COCC(N)C2)C(C)C1. The van der Waals surface area contributed by atoms with Crippen molar-refractivity contribution in [1.82, 2.24) is 15.1 Å². The van der Waals surface area contributed by atoms with E-state index in [-0.39, 0.29) is 12.1 Å². The summed E-state index contributed by atoms with van der Waals surface area (Å²) in [6.07, 6.45) is 0.990. The zero-order chi connectivity index (χ0) is 13.1. The van der Waals surface area contributed by atoms with Crippen molar-refractivity contribution in [1.29, 1.82) is 0 Å². The smallest absolute Gasteiger partial charge is 0.317 e. The molecule has 0 aliphatic carbocycles. The summed E-state index contributed by atoms with van der Waals surface area (Å²) < 4.78 is 5.53. The number of piperazine rings is 1. The second-order valence-corrected chi connectivity index (χ2v) is 5.28. The third-order valence-corrected chi connectivity index (χ3v) is 3.87. The van der Waals surface area contributed by atoms with Crippen molar-refractivity contribution in [3.05, 3.63) is 0 Å². The van der Waals surface area contributed by atoms with E-state index >= 15 is 0 Å². The summed E-state index contributed by atoms with van der Waals surface area (Å²) in [6, 6.07) is 0.913. The highest BCUT2D eigenvalue weighted by molar-refractivity contribution is 5.73. The number of carbonyl (C=O) groups excluding carboxylic acids is 1. The molecule has 3 atom stereocenters. The largest absolute Gasteiger partial charge is 0.378 e. The first-order valence-electron chi connectivity index (χ1n) is 6.67. The molecule has 6 heteroatoms. The summed E-state index contributed by atoms with van der Waals surface area (Å²) in [7, 11) is 1.67. The van der Waals surface area contributed by atoms with Gasteiger partial charge in [0.25, 0.3) is 0 Å². The van der Waals surface area contributed by atoms with Crippen molar-refractivity contribution >= 4 is 6.03 Å². The molecule has 2 aliphatic heterocycles. The second kappa shape index (κ2) is 5.86. The molecule has 0 bridgehead atoms. The Kier molecular flexibility index (Phi) is 4.42. The van der Waals surface area contributed by atoms with Crippen molar-refractivity contribution in [2.45, 2.75) is 31.5 Å². The van der Waals surface area contributed by atoms with E-state index in [1.54, 1.807) is 7.05 Å². The topological polar surface area (TPSA) is 70.8 Å². The van der Waals surface area contributed by atoms with Gasteiger partial charge >= 0.3 is 6.03 Å². The minimum absolute atomic E-state index is 0.0121. The molecule has 2 heterocycles. The number of hydrogen-bond acceptors (Lipinski definition) is 4. The zero-order valence-electron chi connectivity index (χ0n) is 11.3. The van der Waals surface area contributed by atoms with Crippen LogP contribution in [0.1, 0.15) is 13.3 Å². The molecule has 0 spiro atoms. The molecule has 2 amide bonds. The average Bonchev–Trinajstić information content (AvgIpc) is 2.37. The minimum atomic E-state index is 0.0121. The van der Waals surface area contributed by atoms with Crippen LogP contribution in [0, 0.1) is 0 Å². The summed E-state index contributed by atoms with van der Waals surface area (Å²) in [5.74, 6) is 0. The summed E-state index contributed by atoms with van der Waals surface area (Å²) in [6.45, 7) is 6.03. The van der Waals surface area contributed by atoms with Crippen molar-refractivity contribution in [3.63, 3.8) is 0 Å². The molecule has 0 saturated carbocycles. The lowest BCUT2D eigenvalue weighted by Crippen LogP contribution is -2.60. The molecular weight excluding hydrogens is 232 g/mol. The number of nitrogens with two attached hydrogens (primary N) is 1. The van der Waals surface area contributed by atoms with Crippen LogP contribution >= 0.6 is 0 Å². The summed E-state index contributed by atoms with van der Waals surface area (Å²) in [5, 5.41) is 2.68. The van der Waals surface area contributed by atoms with Gasteiger partial charge in [-0.05, 0) is 13.3 Å². The number of urea groups is 1. The van der Waals surface area contributed by atoms with Gasteiger partial charge in [-0.25, -0.2) is 4.79 Å². The van der Waals surface area contributed by atoms with Crippen LogP contribution < -0.4 is 11.1 Å². The Balaban J connectivity index is 1.90. The van der Waals surface area contributed by atoms with Crippen LogP contribution in [0.2, 0.25) is 0 Å². The van der Waals surface area contributed by atoms with Gasteiger partial charge in [0.15, 0.2) is 0 Å². The number of ether oxygens (including phenoxy) is 1. The normalized spacial score (nSPS) is 34.4. The highest BCUT2D eigenvalue weighted by Gasteiger charge is 2.33. The molecule has 18 heavy (non-hydrogen) atoms. The zero-order valence-corrected chi connectivity index (χ0v) is 11.3. The number of nitrogens with zero attached hydrogens (tertiary/aromatic N) is 2. The molecule has 0 radical (unpaired) electrons. The third kappa shape index (κ3) is 2.93. The summed E-state index contributed by atoms with van der Waals surface area (Å²) >= 11 is 0. The lowest BCUT2D eigenvalue weighted by atomic mass is 10.0. The number of nitrogens with one attached hydrogen (secondary N) is 1. The molecule has 0 aromatic heterocycles. The van der Waals surface area contributed by atoms with Gasteiger partial charge in [0.2, 0.25) is 0 Å². The lowest BCUT2D eigenvalue weighted by Gasteiger charge is -2.45. The van der Waals surface area contributed by atoms with Crippen LogP contribution in [0.15, 0.2) is 0 Å². The van der Waals surface area contributed by atoms with Crippen molar-refractivity contribution in [2.75, 3.05) is 39.9 Å². The van der Waals surface area contributed by atoms with Crippen molar-refractivity contribution in [2.24, 2.45) is 5.73 Å². The second-order valence-electron chi connectivity index (χ2n) is 5.28. The highest BCUT2D eigenvalue weighted by Crippen LogP contribution is 2.19. The number of carbonyl (C=O) groups is 1. The van der Waals surface area contributed by atoms with E-state index in [1.165, 1.54) is 0 Å². The van der Waals surface area contributed by atoms with Gasteiger partial charge in [-0.1, -0.05) is 0 Å². The molecule has 2 fully saturated rings. The fourth-order valence-corrected chi connectivity index (χ4v) is 2.93. The Labute approximate surface area is 108 Å². The Bertz CT molecular complexity index is 300. The quantitative estimate of drug-likeness (QED) is 0.660. The van der Waals surface area contributed by atoms with Crippen molar-refractivity contribution < 1.29 is 9.53 Å². The maximum Gasteiger partial charge on any atom is 0.317 e. The van der Waals surface area contributed by atoms with E-state index in [0.717, 1.165) is 32.7 Å². The van der Waals surface area contributed by atoms with E-state index in [1.807, 2.05) is 4.90 Å². The Morgan fingerprint density at radius 2 is 2.17 bits per heavy atom. The maximum absolute atomic E-state index is 11.6. The van der Waals surface area contributed by atoms with Crippen LogP contribution in [-0.2, 0) is 4.74 Å². The fraction of sp³-hybridized carbons (Fsp3) is 0.917. The van der Waals surface area contributed by atoms with Crippen LogP contribution in [0.3, 0.4) is 0 Å². The van der Waals surface area contributed by atoms with Gasteiger partial charge in [0, 0.05) is 44.8 Å². The molecule has 0 aromatic rings. The number of rotatable bonds is 1. The Morgan fingerprint density at radius 3 is 2.78 bits per heavy atom. The number of hydrogen-bond donors (Lipinski definition) is 2. The van der Waals surface area contributed by atoms with E-state index in [9.17, 15) is 4.79 Å². The summed E-state index contributed by atoms with van der Waals surface area (Å²) in [4.78, 5) is 15.9. The van der Waals surface area contributed by atoms with Gasteiger partial charge in [-0.3, -0.25) is 4.90 Å². The predicted molar refractivity (Wildman–Crippen MR) is 69.4 cm³/mol. The third-order valence-electron chi connectivity index (χ3n) is 3.87. The molecular formula is C12H24N4O2. The summed E-state index contributed by atoms with van der Waals surface area (Å²) in [5.41, 5.74) is 5.95. The molecule has 0 aromatic carbocycles. The highest BCUT2D eigenvalue weighted by atomic mass is 16.5. The van der Waals surface area contributed by atoms with Crippen LogP contribution in [0.4, 0.5) is 4.79 Å². The first kappa shape index (κ1) is 13.6. The van der Waals surface area contributed by atoms with Gasteiger partial charge in [0.05, 0.1) is 13.2 Å². The molecule has 3 N–H and O–H groups in total. The minimum Gasteiger partial charge on any atom is -0.378 e. The first-order valence-corrected chi connectivity index (χ1v) is 6.67. The molecule has 3 unspecified atom stereocenters. The van der Waals surface area contributed by atoms with Crippen LogP contribution in [-0.4, -0.2) is 73.9 Å². The van der Waals surface area contributed by atoms with Gasteiger partial charge < -0.3 is 20.7 Å². The predicted octanol–water partition coefficient (Wildman–Crippen LogP) is -0.552. The number of amides is 2.